The molecule has 0 radical (unpaired) electrons. The molecule has 74 valence electrons. The van der Waals surface area contributed by atoms with E-state index in [0.717, 1.165) is 19.7 Å². The van der Waals surface area contributed by atoms with Gasteiger partial charge in [-0.2, -0.15) is 0 Å². The topological polar surface area (TPSA) is 15.8 Å². The van der Waals surface area contributed by atoms with Crippen LogP contribution in [0.25, 0.3) is 0 Å². The van der Waals surface area contributed by atoms with Crippen molar-refractivity contribution in [1.82, 2.24) is 4.90 Å². The minimum atomic E-state index is 0.528. The number of epoxide rings is 1. The van der Waals surface area contributed by atoms with Crippen molar-refractivity contribution in [3.63, 3.8) is 0 Å². The normalized spacial score (nSPS) is 25.9. The summed E-state index contributed by atoms with van der Waals surface area (Å²) in [6.45, 7) is 4.39. The molecule has 0 bridgehead atoms. The van der Waals surface area contributed by atoms with E-state index in [0.29, 0.717) is 6.10 Å². The highest BCUT2D eigenvalue weighted by Gasteiger charge is 2.26. The number of rotatable bonds is 2. The van der Waals surface area contributed by atoms with E-state index in [1.54, 1.807) is 0 Å². The van der Waals surface area contributed by atoms with E-state index in [9.17, 15) is 0 Å². The van der Waals surface area contributed by atoms with E-state index in [1.807, 2.05) is 0 Å². The van der Waals surface area contributed by atoms with Crippen LogP contribution in [0, 0.1) is 0 Å². The summed E-state index contributed by atoms with van der Waals surface area (Å²) in [6, 6.07) is 8.77. The Morgan fingerprint density at radius 1 is 1.29 bits per heavy atom. The predicted octanol–water partition coefficient (Wildman–Crippen LogP) is 1.44. The zero-order valence-electron chi connectivity index (χ0n) is 8.28. The third kappa shape index (κ3) is 1.68. The zero-order chi connectivity index (χ0) is 9.38. The molecule has 0 aliphatic carbocycles. The second kappa shape index (κ2) is 3.37. The molecule has 0 saturated carbocycles. The van der Waals surface area contributed by atoms with Gasteiger partial charge in [0.05, 0.1) is 12.7 Å². The molecular formula is C12H15NO. The maximum absolute atomic E-state index is 5.26. The van der Waals surface area contributed by atoms with Crippen molar-refractivity contribution in [2.45, 2.75) is 19.1 Å². The average molecular weight is 189 g/mol. The Hall–Kier alpha value is -0.860. The van der Waals surface area contributed by atoms with Crippen LogP contribution in [-0.4, -0.2) is 30.7 Å². The fraction of sp³-hybridized carbons (Fsp3) is 0.500. The molecule has 2 heterocycles. The van der Waals surface area contributed by atoms with Crippen molar-refractivity contribution in [2.24, 2.45) is 0 Å². The lowest BCUT2D eigenvalue weighted by molar-refractivity contribution is 0.226. The van der Waals surface area contributed by atoms with Gasteiger partial charge in [0.2, 0.25) is 0 Å². The first-order valence-corrected chi connectivity index (χ1v) is 5.32. The lowest BCUT2D eigenvalue weighted by atomic mass is 10.00. The quantitative estimate of drug-likeness (QED) is 0.654. The summed E-state index contributed by atoms with van der Waals surface area (Å²) >= 11 is 0. The fourth-order valence-corrected chi connectivity index (χ4v) is 2.17. The van der Waals surface area contributed by atoms with Crippen molar-refractivity contribution in [3.8, 4) is 0 Å². The second-order valence-electron chi connectivity index (χ2n) is 4.21. The second-order valence-corrected chi connectivity index (χ2v) is 4.21. The van der Waals surface area contributed by atoms with Crippen LogP contribution in [0.3, 0.4) is 0 Å². The van der Waals surface area contributed by atoms with Gasteiger partial charge >= 0.3 is 0 Å². The van der Waals surface area contributed by atoms with Gasteiger partial charge in [-0.05, 0) is 17.5 Å². The van der Waals surface area contributed by atoms with E-state index in [2.05, 4.69) is 29.2 Å². The molecule has 0 spiro atoms. The number of ether oxygens (including phenoxy) is 1. The van der Waals surface area contributed by atoms with Crippen molar-refractivity contribution in [1.29, 1.82) is 0 Å². The summed E-state index contributed by atoms with van der Waals surface area (Å²) in [4.78, 5) is 2.50. The molecule has 0 amide bonds. The van der Waals surface area contributed by atoms with Crippen LogP contribution in [0.2, 0.25) is 0 Å². The van der Waals surface area contributed by atoms with Gasteiger partial charge in [-0.1, -0.05) is 24.3 Å². The van der Waals surface area contributed by atoms with Crippen molar-refractivity contribution in [2.75, 3.05) is 19.7 Å². The van der Waals surface area contributed by atoms with Crippen LogP contribution >= 0.6 is 0 Å². The molecule has 14 heavy (non-hydrogen) atoms. The Morgan fingerprint density at radius 3 is 2.86 bits per heavy atom. The molecule has 2 heteroatoms. The van der Waals surface area contributed by atoms with Crippen LogP contribution in [0.4, 0.5) is 0 Å². The van der Waals surface area contributed by atoms with Gasteiger partial charge in [-0.3, -0.25) is 4.90 Å². The maximum Gasteiger partial charge on any atom is 0.0936 e. The van der Waals surface area contributed by atoms with Gasteiger partial charge in [0.15, 0.2) is 0 Å². The Morgan fingerprint density at radius 2 is 2.07 bits per heavy atom. The molecule has 2 aliphatic rings. The van der Waals surface area contributed by atoms with Gasteiger partial charge in [0.1, 0.15) is 0 Å². The van der Waals surface area contributed by atoms with Crippen molar-refractivity contribution >= 4 is 0 Å². The summed E-state index contributed by atoms with van der Waals surface area (Å²) < 4.78 is 5.26. The summed E-state index contributed by atoms with van der Waals surface area (Å²) in [5, 5.41) is 0. The van der Waals surface area contributed by atoms with Crippen molar-refractivity contribution < 1.29 is 4.74 Å². The average Bonchev–Trinajstić information content (AvgIpc) is 3.02. The van der Waals surface area contributed by atoms with E-state index in [4.69, 9.17) is 4.74 Å². The van der Waals surface area contributed by atoms with Crippen LogP contribution < -0.4 is 0 Å². The molecule has 0 N–H and O–H groups in total. The minimum Gasteiger partial charge on any atom is -0.372 e. The molecule has 1 atom stereocenters. The molecule has 2 aliphatic heterocycles. The zero-order valence-corrected chi connectivity index (χ0v) is 8.28. The van der Waals surface area contributed by atoms with E-state index in [1.165, 1.54) is 24.1 Å². The Bertz CT molecular complexity index is 333. The molecule has 3 rings (SSSR count). The summed E-state index contributed by atoms with van der Waals surface area (Å²) in [5.41, 5.74) is 3.03. The molecule has 1 aromatic rings. The van der Waals surface area contributed by atoms with Crippen molar-refractivity contribution in [3.05, 3.63) is 35.4 Å². The molecule has 2 nitrogen and oxygen atoms in total. The lowest BCUT2D eigenvalue weighted by Gasteiger charge is -2.27. The highest BCUT2D eigenvalue weighted by atomic mass is 16.6. The monoisotopic (exact) mass is 189 g/mol. The smallest absolute Gasteiger partial charge is 0.0936 e. The fourth-order valence-electron chi connectivity index (χ4n) is 2.17. The van der Waals surface area contributed by atoms with Gasteiger partial charge < -0.3 is 4.74 Å². The van der Waals surface area contributed by atoms with Gasteiger partial charge in [0.25, 0.3) is 0 Å². The third-order valence-corrected chi connectivity index (χ3v) is 3.07. The number of benzene rings is 1. The van der Waals surface area contributed by atoms with E-state index in [-0.39, 0.29) is 0 Å². The van der Waals surface area contributed by atoms with Gasteiger partial charge in [-0.25, -0.2) is 0 Å². The Labute approximate surface area is 84.5 Å². The van der Waals surface area contributed by atoms with E-state index >= 15 is 0 Å². The molecule has 1 aromatic carbocycles. The predicted molar refractivity (Wildman–Crippen MR) is 55.2 cm³/mol. The summed E-state index contributed by atoms with van der Waals surface area (Å²) in [6.07, 6.45) is 1.73. The van der Waals surface area contributed by atoms with Crippen LogP contribution in [0.1, 0.15) is 11.1 Å². The maximum atomic E-state index is 5.26. The number of nitrogens with zero attached hydrogens (tertiary/aromatic N) is 1. The minimum absolute atomic E-state index is 0.528. The SMILES string of the molecule is c1ccc2c(c1)CCN(C[C@H]1CO1)C2. The first-order valence-electron chi connectivity index (χ1n) is 5.32. The van der Waals surface area contributed by atoms with E-state index < -0.39 is 0 Å². The van der Waals surface area contributed by atoms with Crippen LogP contribution in [-0.2, 0) is 17.7 Å². The van der Waals surface area contributed by atoms with Gasteiger partial charge in [0, 0.05) is 19.6 Å². The summed E-state index contributed by atoms with van der Waals surface area (Å²) in [7, 11) is 0. The molecule has 1 fully saturated rings. The highest BCUT2D eigenvalue weighted by molar-refractivity contribution is 5.29. The Balaban J connectivity index is 1.72. The lowest BCUT2D eigenvalue weighted by Crippen LogP contribution is -2.33. The largest absolute Gasteiger partial charge is 0.372 e. The first-order chi connectivity index (χ1) is 6.92. The third-order valence-electron chi connectivity index (χ3n) is 3.07. The molecular weight excluding hydrogens is 174 g/mol. The number of hydrogen-bond acceptors (Lipinski definition) is 2. The molecule has 1 saturated heterocycles. The highest BCUT2D eigenvalue weighted by Crippen LogP contribution is 2.20. The van der Waals surface area contributed by atoms with Crippen LogP contribution in [0.5, 0.6) is 0 Å². The van der Waals surface area contributed by atoms with Crippen LogP contribution in [0.15, 0.2) is 24.3 Å². The number of hydrogen-bond donors (Lipinski definition) is 0. The Kier molecular flexibility index (Phi) is 2.03. The molecule has 0 unspecified atom stereocenters. The first kappa shape index (κ1) is 8.45. The standard InChI is InChI=1S/C12H15NO/c1-2-4-11-7-13(8-12-9-14-12)6-5-10(11)3-1/h1-4,12H,5-9H2/t12-/m0/s1. The molecule has 0 aromatic heterocycles. The summed E-state index contributed by atoms with van der Waals surface area (Å²) in [5.74, 6) is 0. The van der Waals surface area contributed by atoms with Gasteiger partial charge in [-0.15, -0.1) is 0 Å². The number of fused-ring (bicyclic) bond motifs is 1.